The van der Waals surface area contributed by atoms with E-state index in [1.165, 1.54) is 6.42 Å². The minimum Gasteiger partial charge on any atom is -0.382 e. The van der Waals surface area contributed by atoms with Crippen LogP contribution in [0.1, 0.15) is 26.2 Å². The quantitative estimate of drug-likeness (QED) is 0.842. The fourth-order valence-electron chi connectivity index (χ4n) is 2.23. The van der Waals surface area contributed by atoms with E-state index in [2.05, 4.69) is 10.0 Å². The van der Waals surface area contributed by atoms with Crippen LogP contribution in [-0.2, 0) is 14.8 Å². The highest BCUT2D eigenvalue weighted by Crippen LogP contribution is 2.16. The SMILES string of the molecule is CCNS(=O)(=O)c1ccc(NCC2CCCCO2)cc1. The number of ether oxygens (including phenoxy) is 1. The summed E-state index contributed by atoms with van der Waals surface area (Å²) < 4.78 is 31.7. The summed E-state index contributed by atoms with van der Waals surface area (Å²) in [5, 5.41) is 3.28. The second-order valence-corrected chi connectivity index (χ2v) is 6.66. The van der Waals surface area contributed by atoms with Crippen molar-refractivity contribution < 1.29 is 13.2 Å². The average Bonchev–Trinajstić information content (AvgIpc) is 2.47. The van der Waals surface area contributed by atoms with Gasteiger partial charge in [-0.2, -0.15) is 0 Å². The van der Waals surface area contributed by atoms with Crippen LogP contribution in [0.25, 0.3) is 0 Å². The molecular weight excluding hydrogens is 276 g/mol. The van der Waals surface area contributed by atoms with Gasteiger partial charge in [-0.15, -0.1) is 0 Å². The fourth-order valence-corrected chi connectivity index (χ4v) is 3.27. The Morgan fingerprint density at radius 3 is 2.60 bits per heavy atom. The molecule has 1 aromatic carbocycles. The molecular formula is C14H22N2O3S. The molecule has 1 aromatic rings. The van der Waals surface area contributed by atoms with Gasteiger partial charge in [-0.1, -0.05) is 6.92 Å². The van der Waals surface area contributed by atoms with Crippen molar-refractivity contribution in [1.29, 1.82) is 0 Å². The summed E-state index contributed by atoms with van der Waals surface area (Å²) in [6.07, 6.45) is 3.70. The smallest absolute Gasteiger partial charge is 0.240 e. The normalized spacial score (nSPS) is 19.8. The molecule has 0 aliphatic carbocycles. The zero-order chi connectivity index (χ0) is 14.4. The van der Waals surface area contributed by atoms with Crippen LogP contribution in [0, 0.1) is 0 Å². The van der Waals surface area contributed by atoms with Gasteiger partial charge in [-0.05, 0) is 43.5 Å². The van der Waals surface area contributed by atoms with Crippen molar-refractivity contribution in [2.45, 2.75) is 37.2 Å². The molecule has 0 saturated carbocycles. The Morgan fingerprint density at radius 2 is 2.00 bits per heavy atom. The maximum absolute atomic E-state index is 11.8. The molecule has 0 aromatic heterocycles. The van der Waals surface area contributed by atoms with Crippen LogP contribution in [0.15, 0.2) is 29.2 Å². The third kappa shape index (κ3) is 4.19. The fraction of sp³-hybridized carbons (Fsp3) is 0.571. The molecule has 2 N–H and O–H groups in total. The highest BCUT2D eigenvalue weighted by molar-refractivity contribution is 7.89. The predicted octanol–water partition coefficient (Wildman–Crippen LogP) is 1.97. The monoisotopic (exact) mass is 298 g/mol. The van der Waals surface area contributed by atoms with Gasteiger partial charge in [0.25, 0.3) is 0 Å². The molecule has 1 unspecified atom stereocenters. The molecule has 1 heterocycles. The van der Waals surface area contributed by atoms with Gasteiger partial charge >= 0.3 is 0 Å². The summed E-state index contributed by atoms with van der Waals surface area (Å²) in [5.74, 6) is 0. The Morgan fingerprint density at radius 1 is 1.25 bits per heavy atom. The molecule has 20 heavy (non-hydrogen) atoms. The van der Waals surface area contributed by atoms with Gasteiger partial charge in [0.05, 0.1) is 11.0 Å². The summed E-state index contributed by atoms with van der Waals surface area (Å²) in [4.78, 5) is 0.291. The van der Waals surface area contributed by atoms with Crippen molar-refractivity contribution in [3.8, 4) is 0 Å². The average molecular weight is 298 g/mol. The molecule has 2 rings (SSSR count). The van der Waals surface area contributed by atoms with Gasteiger partial charge < -0.3 is 10.1 Å². The van der Waals surface area contributed by atoms with Crippen LogP contribution >= 0.6 is 0 Å². The molecule has 1 atom stereocenters. The van der Waals surface area contributed by atoms with E-state index in [4.69, 9.17) is 4.74 Å². The zero-order valence-corrected chi connectivity index (χ0v) is 12.6. The third-order valence-corrected chi connectivity index (χ3v) is 4.87. The molecule has 0 amide bonds. The van der Waals surface area contributed by atoms with Gasteiger partial charge in [-0.25, -0.2) is 13.1 Å². The number of sulfonamides is 1. The number of hydrogen-bond donors (Lipinski definition) is 2. The second-order valence-electron chi connectivity index (χ2n) is 4.90. The van der Waals surface area contributed by atoms with E-state index in [-0.39, 0.29) is 6.10 Å². The summed E-state index contributed by atoms with van der Waals surface area (Å²) in [5.41, 5.74) is 0.912. The topological polar surface area (TPSA) is 67.4 Å². The van der Waals surface area contributed by atoms with Gasteiger partial charge in [0, 0.05) is 25.4 Å². The van der Waals surface area contributed by atoms with Crippen molar-refractivity contribution in [2.24, 2.45) is 0 Å². The van der Waals surface area contributed by atoms with Gasteiger partial charge in [0.15, 0.2) is 0 Å². The van der Waals surface area contributed by atoms with E-state index in [9.17, 15) is 8.42 Å². The summed E-state index contributed by atoms with van der Waals surface area (Å²) in [6, 6.07) is 6.80. The molecule has 1 saturated heterocycles. The Hall–Kier alpha value is -1.11. The van der Waals surface area contributed by atoms with Crippen molar-refractivity contribution in [3.63, 3.8) is 0 Å². The van der Waals surface area contributed by atoms with E-state index in [0.717, 1.165) is 31.7 Å². The maximum atomic E-state index is 11.8. The van der Waals surface area contributed by atoms with E-state index >= 15 is 0 Å². The molecule has 0 bridgehead atoms. The third-order valence-electron chi connectivity index (χ3n) is 3.31. The molecule has 0 radical (unpaired) electrons. The van der Waals surface area contributed by atoms with E-state index in [1.54, 1.807) is 31.2 Å². The first-order valence-corrected chi connectivity index (χ1v) is 8.55. The molecule has 112 valence electrons. The number of hydrogen-bond acceptors (Lipinski definition) is 4. The minimum atomic E-state index is -3.36. The van der Waals surface area contributed by atoms with Gasteiger partial charge in [0.2, 0.25) is 10.0 Å². The van der Waals surface area contributed by atoms with Gasteiger partial charge in [-0.3, -0.25) is 0 Å². The lowest BCUT2D eigenvalue weighted by Crippen LogP contribution is -2.27. The first kappa shape index (κ1) is 15.3. The molecule has 1 aliphatic heterocycles. The predicted molar refractivity (Wildman–Crippen MR) is 79.4 cm³/mol. The van der Waals surface area contributed by atoms with E-state index in [1.807, 2.05) is 0 Å². The number of anilines is 1. The molecule has 1 aliphatic rings. The van der Waals surface area contributed by atoms with E-state index in [0.29, 0.717) is 11.4 Å². The van der Waals surface area contributed by atoms with Crippen molar-refractivity contribution >= 4 is 15.7 Å². The first-order chi connectivity index (χ1) is 9.62. The molecule has 0 spiro atoms. The van der Waals surface area contributed by atoms with Gasteiger partial charge in [0.1, 0.15) is 0 Å². The highest BCUT2D eigenvalue weighted by Gasteiger charge is 2.14. The minimum absolute atomic E-state index is 0.258. The lowest BCUT2D eigenvalue weighted by atomic mass is 10.1. The Balaban J connectivity index is 1.91. The van der Waals surface area contributed by atoms with Crippen LogP contribution < -0.4 is 10.0 Å². The van der Waals surface area contributed by atoms with Crippen LogP contribution in [0.5, 0.6) is 0 Å². The first-order valence-electron chi connectivity index (χ1n) is 7.07. The molecule has 6 heteroatoms. The van der Waals surface area contributed by atoms with Crippen molar-refractivity contribution in [3.05, 3.63) is 24.3 Å². The Labute approximate surface area is 120 Å². The Kier molecular flexibility index (Phi) is 5.39. The number of nitrogens with one attached hydrogen (secondary N) is 2. The Bertz CT molecular complexity index is 508. The van der Waals surface area contributed by atoms with Crippen LogP contribution in [-0.4, -0.2) is 34.2 Å². The lowest BCUT2D eigenvalue weighted by Gasteiger charge is -2.23. The standard InChI is InChI=1S/C14H22N2O3S/c1-2-16-20(17,18)14-8-6-12(7-9-14)15-11-13-5-3-4-10-19-13/h6-9,13,15-16H,2-5,10-11H2,1H3. The maximum Gasteiger partial charge on any atom is 0.240 e. The summed E-state index contributed by atoms with van der Waals surface area (Å²) in [7, 11) is -3.36. The van der Waals surface area contributed by atoms with E-state index < -0.39 is 10.0 Å². The largest absolute Gasteiger partial charge is 0.382 e. The molecule has 5 nitrogen and oxygen atoms in total. The van der Waals surface area contributed by atoms with Crippen LogP contribution in [0.2, 0.25) is 0 Å². The highest BCUT2D eigenvalue weighted by atomic mass is 32.2. The number of benzene rings is 1. The summed E-state index contributed by atoms with van der Waals surface area (Å²) >= 11 is 0. The van der Waals surface area contributed by atoms with Crippen LogP contribution in [0.4, 0.5) is 5.69 Å². The van der Waals surface area contributed by atoms with Crippen molar-refractivity contribution in [1.82, 2.24) is 4.72 Å². The number of rotatable bonds is 6. The second kappa shape index (κ2) is 7.06. The molecule has 1 fully saturated rings. The summed E-state index contributed by atoms with van der Waals surface area (Å²) in [6.45, 7) is 3.75. The van der Waals surface area contributed by atoms with Crippen LogP contribution in [0.3, 0.4) is 0 Å². The zero-order valence-electron chi connectivity index (χ0n) is 11.8. The lowest BCUT2D eigenvalue weighted by molar-refractivity contribution is 0.0247. The van der Waals surface area contributed by atoms with Crippen molar-refractivity contribution in [2.75, 3.05) is 25.0 Å².